The molecule has 5 N–H and O–H groups in total. The number of rotatable bonds is 20. The highest BCUT2D eigenvalue weighted by Crippen LogP contribution is 2.69. The molecule has 0 unspecified atom stereocenters. The Hall–Kier alpha value is 0.260. The lowest BCUT2D eigenvalue weighted by Gasteiger charge is -2.29. The molecule has 7 nitrogen and oxygen atoms in total. The van der Waals surface area contributed by atoms with Gasteiger partial charge >= 0.3 is 15.2 Å². The van der Waals surface area contributed by atoms with E-state index < -0.39 is 26.7 Å². The highest BCUT2D eigenvalue weighted by atomic mass is 31.2. The zero-order valence-electron chi connectivity index (χ0n) is 18.2. The summed E-state index contributed by atoms with van der Waals surface area (Å²) in [5.41, 5.74) is 0. The minimum absolute atomic E-state index is 0.172. The van der Waals surface area contributed by atoms with Crippen LogP contribution in [0.25, 0.3) is 0 Å². The molecule has 0 aromatic heterocycles. The lowest BCUT2D eigenvalue weighted by molar-refractivity contribution is 0.120. The molecule has 0 radical (unpaired) electrons. The smallest absolute Gasteiger partial charge is 0.368 e. The summed E-state index contributed by atoms with van der Waals surface area (Å²) >= 11 is 0. The molecule has 0 aliphatic carbocycles. The van der Waals surface area contributed by atoms with Crippen molar-refractivity contribution in [3.63, 3.8) is 0 Å². The van der Waals surface area contributed by atoms with Gasteiger partial charge in [0.05, 0.1) is 0 Å². The van der Waals surface area contributed by atoms with Gasteiger partial charge in [0.25, 0.3) is 5.08 Å². The molecule has 0 aromatic carbocycles. The predicted molar refractivity (Wildman–Crippen MR) is 118 cm³/mol. The number of hydrogen-bond acceptors (Lipinski definition) is 3. The largest absolute Gasteiger partial charge is 0.369 e. The van der Waals surface area contributed by atoms with Crippen LogP contribution in [-0.2, 0) is 9.13 Å². The van der Waals surface area contributed by atoms with Crippen LogP contribution in [-0.4, -0.2) is 29.8 Å². The van der Waals surface area contributed by atoms with Crippen molar-refractivity contribution in [2.24, 2.45) is 0 Å². The highest BCUT2D eigenvalue weighted by molar-refractivity contribution is 7.72. The Morgan fingerprint density at radius 1 is 0.517 bits per heavy atom. The van der Waals surface area contributed by atoms with E-state index >= 15 is 0 Å². The zero-order valence-corrected chi connectivity index (χ0v) is 20.0. The molecule has 176 valence electrons. The molecule has 0 aromatic rings. The second-order valence-corrected chi connectivity index (χ2v) is 12.3. The van der Waals surface area contributed by atoms with Gasteiger partial charge in [-0.15, -0.1) is 0 Å². The van der Waals surface area contributed by atoms with E-state index in [4.69, 9.17) is 19.6 Å². The topological polar surface area (TPSA) is 135 Å². The van der Waals surface area contributed by atoms with Crippen molar-refractivity contribution in [3.8, 4) is 0 Å². The summed E-state index contributed by atoms with van der Waals surface area (Å²) in [6, 6.07) is 0. The Morgan fingerprint density at radius 3 is 1.00 bits per heavy atom. The van der Waals surface area contributed by atoms with E-state index in [-0.39, 0.29) is 6.42 Å². The van der Waals surface area contributed by atoms with Crippen molar-refractivity contribution in [3.05, 3.63) is 0 Å². The van der Waals surface area contributed by atoms with Crippen LogP contribution >= 0.6 is 15.2 Å². The van der Waals surface area contributed by atoms with Gasteiger partial charge in [0.1, 0.15) is 0 Å². The van der Waals surface area contributed by atoms with Crippen LogP contribution in [0.15, 0.2) is 0 Å². The summed E-state index contributed by atoms with van der Waals surface area (Å²) in [7, 11) is -10.6. The van der Waals surface area contributed by atoms with E-state index in [0.717, 1.165) is 19.3 Å². The summed E-state index contributed by atoms with van der Waals surface area (Å²) in [4.78, 5) is 36.3. The summed E-state index contributed by atoms with van der Waals surface area (Å²) in [5.74, 6) is 0. The minimum Gasteiger partial charge on any atom is -0.368 e. The van der Waals surface area contributed by atoms with E-state index in [1.165, 1.54) is 77.0 Å². The molecule has 0 fully saturated rings. The first-order valence-electron chi connectivity index (χ1n) is 11.4. The predicted octanol–water partition coefficient (Wildman–Crippen LogP) is 6.03. The van der Waals surface area contributed by atoms with Crippen LogP contribution in [0, 0.1) is 0 Å². The first-order chi connectivity index (χ1) is 13.6. The fraction of sp³-hybridized carbons (Fsp3) is 1.00. The highest BCUT2D eigenvalue weighted by Gasteiger charge is 2.58. The normalized spacial score (nSPS) is 13.2. The van der Waals surface area contributed by atoms with Gasteiger partial charge in [0, 0.05) is 0 Å². The molecule has 0 atom stereocenters. The zero-order chi connectivity index (χ0) is 22.2. The van der Waals surface area contributed by atoms with Gasteiger partial charge in [-0.25, -0.2) is 0 Å². The molecule has 0 amide bonds. The number of hydrogen-bond donors (Lipinski definition) is 5. The third-order valence-electron chi connectivity index (χ3n) is 5.55. The van der Waals surface area contributed by atoms with Gasteiger partial charge in [0.15, 0.2) is 0 Å². The molecule has 0 rings (SSSR count). The third kappa shape index (κ3) is 13.3. The van der Waals surface area contributed by atoms with Gasteiger partial charge in [0.2, 0.25) is 0 Å². The molecule has 0 aliphatic heterocycles. The quantitative estimate of drug-likeness (QED) is 0.111. The van der Waals surface area contributed by atoms with Crippen LogP contribution in [0.1, 0.15) is 122 Å². The summed E-state index contributed by atoms with van der Waals surface area (Å²) < 4.78 is 22.5. The Morgan fingerprint density at radius 2 is 0.759 bits per heavy atom. The molecule has 0 bridgehead atoms. The van der Waals surface area contributed by atoms with E-state index in [9.17, 15) is 14.2 Å². The van der Waals surface area contributed by atoms with Crippen molar-refractivity contribution >= 4 is 15.2 Å². The summed E-state index contributed by atoms with van der Waals surface area (Å²) in [5, 5.41) is 6.53. The Balaban J connectivity index is 3.54. The second-order valence-electron chi connectivity index (χ2n) is 8.27. The maximum atomic E-state index is 11.3. The fourth-order valence-electron chi connectivity index (χ4n) is 3.55. The van der Waals surface area contributed by atoms with E-state index in [2.05, 4.69) is 6.92 Å². The molecule has 0 aliphatic rings. The monoisotopic (exact) mass is 458 g/mol. The van der Waals surface area contributed by atoms with Crippen molar-refractivity contribution in [2.75, 3.05) is 0 Å². The first-order valence-corrected chi connectivity index (χ1v) is 14.6. The average Bonchev–Trinajstić information content (AvgIpc) is 2.62. The summed E-state index contributed by atoms with van der Waals surface area (Å²) in [6.07, 6.45) is 18.9. The lowest BCUT2D eigenvalue weighted by Crippen LogP contribution is -2.28. The first kappa shape index (κ1) is 29.3. The SMILES string of the molecule is CCCCCCCCCCCCCCCCCCCC(O)(P(=O)(O)O)P(=O)(O)O. The van der Waals surface area contributed by atoms with Crippen LogP contribution < -0.4 is 0 Å². The molecule has 9 heteroatoms. The molecule has 0 heterocycles. The maximum Gasteiger partial charge on any atom is 0.369 e. The standard InChI is InChI=1S/C20H44O7P2/c1-2-3-4-5-6-7-8-9-10-11-12-13-14-15-16-17-18-19-20(21,28(22,23)24)29(25,26)27/h21H,2-19H2,1H3,(H2,22,23,24)(H2,25,26,27). The van der Waals surface area contributed by atoms with E-state index in [1.807, 2.05) is 0 Å². The van der Waals surface area contributed by atoms with Crippen LogP contribution in [0.2, 0.25) is 0 Å². The van der Waals surface area contributed by atoms with Crippen molar-refractivity contribution in [1.29, 1.82) is 0 Å². The Labute approximate surface area is 177 Å². The molecular formula is C20H44O7P2. The van der Waals surface area contributed by atoms with Crippen LogP contribution in [0.4, 0.5) is 0 Å². The van der Waals surface area contributed by atoms with Gasteiger partial charge in [-0.2, -0.15) is 0 Å². The van der Waals surface area contributed by atoms with Crippen molar-refractivity contribution in [1.82, 2.24) is 0 Å². The molecule has 0 saturated heterocycles. The van der Waals surface area contributed by atoms with Crippen LogP contribution in [0.5, 0.6) is 0 Å². The molecule has 0 saturated carbocycles. The van der Waals surface area contributed by atoms with Crippen LogP contribution in [0.3, 0.4) is 0 Å². The van der Waals surface area contributed by atoms with Gasteiger partial charge < -0.3 is 24.7 Å². The minimum atomic E-state index is -5.31. The Kier molecular flexibility index (Phi) is 16.1. The number of unbranched alkanes of at least 4 members (excludes halogenated alkanes) is 16. The van der Waals surface area contributed by atoms with Crippen molar-refractivity contribution < 1.29 is 33.8 Å². The maximum absolute atomic E-state index is 11.3. The third-order valence-corrected chi connectivity index (χ3v) is 9.43. The molecular weight excluding hydrogens is 414 g/mol. The summed E-state index contributed by atoms with van der Waals surface area (Å²) in [6.45, 7) is 2.24. The van der Waals surface area contributed by atoms with Gasteiger partial charge in [-0.05, 0) is 12.8 Å². The van der Waals surface area contributed by atoms with Gasteiger partial charge in [-0.3, -0.25) is 9.13 Å². The van der Waals surface area contributed by atoms with E-state index in [1.54, 1.807) is 0 Å². The second kappa shape index (κ2) is 16.0. The molecule has 29 heavy (non-hydrogen) atoms. The lowest BCUT2D eigenvalue weighted by atomic mass is 10.0. The molecule has 0 spiro atoms. The van der Waals surface area contributed by atoms with Crippen molar-refractivity contribution in [2.45, 2.75) is 128 Å². The fourth-order valence-corrected chi connectivity index (χ4v) is 5.80. The Bertz CT molecular complexity index is 465. The number of aliphatic hydroxyl groups is 1. The van der Waals surface area contributed by atoms with Gasteiger partial charge in [-0.1, -0.05) is 110 Å². The van der Waals surface area contributed by atoms with E-state index in [0.29, 0.717) is 6.42 Å². The average molecular weight is 459 g/mol.